The van der Waals surface area contributed by atoms with Gasteiger partial charge in [0.15, 0.2) is 0 Å². The molecule has 124 valence electrons. The highest BCUT2D eigenvalue weighted by Crippen LogP contribution is 2.32. The van der Waals surface area contributed by atoms with Crippen LogP contribution in [0.3, 0.4) is 0 Å². The molecular weight excluding hydrogens is 384 g/mol. The molecule has 1 fully saturated rings. The molecule has 0 saturated carbocycles. The second-order valence-electron chi connectivity index (χ2n) is 5.06. The van der Waals surface area contributed by atoms with Crippen molar-refractivity contribution in [2.24, 2.45) is 0 Å². The van der Waals surface area contributed by atoms with Gasteiger partial charge in [0.05, 0.1) is 23.9 Å². The molecule has 1 saturated heterocycles. The van der Waals surface area contributed by atoms with E-state index in [1.54, 1.807) is 13.2 Å². The van der Waals surface area contributed by atoms with Crippen molar-refractivity contribution < 1.29 is 13.9 Å². The molecule has 1 N–H and O–H groups in total. The summed E-state index contributed by atoms with van der Waals surface area (Å²) in [6.07, 6.45) is 1.51. The number of amides is 1. The molecule has 1 aliphatic heterocycles. The highest BCUT2D eigenvalue weighted by Gasteiger charge is 2.32. The van der Waals surface area contributed by atoms with Crippen molar-refractivity contribution in [3.63, 3.8) is 0 Å². The standard InChI is InChI=1S/C16H17BrN2O3.ClH/c1-21-14-5-3-2-4-11(14)13-10-18-7-8-19(13)16(20)15-12(17)6-9-22-15;/h2-6,9,13,18H,7-8,10H2,1H3;1H. The zero-order valence-corrected chi connectivity index (χ0v) is 15.0. The lowest BCUT2D eigenvalue weighted by molar-refractivity contribution is 0.0597. The first-order valence-corrected chi connectivity index (χ1v) is 7.89. The number of nitrogens with one attached hydrogen (secondary N) is 1. The number of benzene rings is 1. The van der Waals surface area contributed by atoms with Crippen LogP contribution in [0.4, 0.5) is 0 Å². The van der Waals surface area contributed by atoms with E-state index < -0.39 is 0 Å². The van der Waals surface area contributed by atoms with Crippen LogP contribution in [-0.2, 0) is 0 Å². The van der Waals surface area contributed by atoms with E-state index in [1.807, 2.05) is 29.2 Å². The van der Waals surface area contributed by atoms with Crippen LogP contribution in [0.15, 0.2) is 45.5 Å². The minimum atomic E-state index is -0.116. The van der Waals surface area contributed by atoms with Gasteiger partial charge in [0.2, 0.25) is 5.76 Å². The number of hydrogen-bond donors (Lipinski definition) is 1. The number of nitrogens with zero attached hydrogens (tertiary/aromatic N) is 1. The summed E-state index contributed by atoms with van der Waals surface area (Å²) in [7, 11) is 1.64. The Morgan fingerprint density at radius 2 is 2.17 bits per heavy atom. The van der Waals surface area contributed by atoms with Crippen LogP contribution >= 0.6 is 28.3 Å². The third kappa shape index (κ3) is 3.54. The largest absolute Gasteiger partial charge is 0.496 e. The molecule has 1 aliphatic rings. The van der Waals surface area contributed by atoms with Gasteiger partial charge in [-0.05, 0) is 28.1 Å². The van der Waals surface area contributed by atoms with Crippen LogP contribution in [-0.4, -0.2) is 37.6 Å². The molecule has 1 aromatic carbocycles. The SMILES string of the molecule is COc1ccccc1C1CNCCN1C(=O)c1occc1Br.Cl. The van der Waals surface area contributed by atoms with Crippen molar-refractivity contribution in [3.05, 3.63) is 52.4 Å². The summed E-state index contributed by atoms with van der Waals surface area (Å²) in [5.74, 6) is 1.00. The summed E-state index contributed by atoms with van der Waals surface area (Å²) in [4.78, 5) is 14.6. The maximum absolute atomic E-state index is 12.8. The van der Waals surface area contributed by atoms with Gasteiger partial charge in [-0.25, -0.2) is 0 Å². The monoisotopic (exact) mass is 400 g/mol. The number of ether oxygens (including phenoxy) is 1. The van der Waals surface area contributed by atoms with Crippen LogP contribution in [0.2, 0.25) is 0 Å². The van der Waals surface area contributed by atoms with Crippen molar-refractivity contribution in [1.29, 1.82) is 0 Å². The molecule has 0 bridgehead atoms. The molecule has 0 spiro atoms. The summed E-state index contributed by atoms with van der Waals surface area (Å²) in [5.41, 5.74) is 0.994. The van der Waals surface area contributed by atoms with Crippen LogP contribution in [0, 0.1) is 0 Å². The average Bonchev–Trinajstić information content (AvgIpc) is 3.00. The van der Waals surface area contributed by atoms with Gasteiger partial charge in [-0.2, -0.15) is 0 Å². The smallest absolute Gasteiger partial charge is 0.291 e. The Balaban J connectivity index is 0.00000192. The second-order valence-corrected chi connectivity index (χ2v) is 5.91. The summed E-state index contributed by atoms with van der Waals surface area (Å²) >= 11 is 3.36. The summed E-state index contributed by atoms with van der Waals surface area (Å²) in [6, 6.07) is 9.43. The van der Waals surface area contributed by atoms with Crippen molar-refractivity contribution in [1.82, 2.24) is 10.2 Å². The molecule has 2 aromatic rings. The lowest BCUT2D eigenvalue weighted by Crippen LogP contribution is -2.48. The van der Waals surface area contributed by atoms with Gasteiger partial charge >= 0.3 is 0 Å². The molecule has 1 atom stereocenters. The predicted molar refractivity (Wildman–Crippen MR) is 93.3 cm³/mol. The van der Waals surface area contributed by atoms with E-state index in [9.17, 15) is 4.79 Å². The zero-order valence-electron chi connectivity index (χ0n) is 12.6. The Labute approximate surface area is 149 Å². The van der Waals surface area contributed by atoms with E-state index in [1.165, 1.54) is 6.26 Å². The van der Waals surface area contributed by atoms with Gasteiger partial charge in [0.25, 0.3) is 5.91 Å². The molecule has 1 unspecified atom stereocenters. The van der Waals surface area contributed by atoms with E-state index >= 15 is 0 Å². The van der Waals surface area contributed by atoms with Gasteiger partial charge in [-0.15, -0.1) is 12.4 Å². The lowest BCUT2D eigenvalue weighted by atomic mass is 10.0. The predicted octanol–water partition coefficient (Wildman–Crippen LogP) is 3.26. The molecule has 7 heteroatoms. The number of para-hydroxylation sites is 1. The molecular formula is C16H18BrClN2O3. The van der Waals surface area contributed by atoms with Crippen LogP contribution < -0.4 is 10.1 Å². The highest BCUT2D eigenvalue weighted by atomic mass is 79.9. The van der Waals surface area contributed by atoms with Gasteiger partial charge in [0.1, 0.15) is 5.75 Å². The minimum Gasteiger partial charge on any atom is -0.496 e. The number of piperazine rings is 1. The van der Waals surface area contributed by atoms with E-state index in [-0.39, 0.29) is 24.4 Å². The summed E-state index contributed by atoms with van der Waals surface area (Å²) in [6.45, 7) is 2.06. The van der Waals surface area contributed by atoms with Crippen LogP contribution in [0.5, 0.6) is 5.75 Å². The number of carbonyl (C=O) groups excluding carboxylic acids is 1. The van der Waals surface area contributed by atoms with E-state index in [4.69, 9.17) is 9.15 Å². The fourth-order valence-electron chi connectivity index (χ4n) is 2.74. The van der Waals surface area contributed by atoms with Crippen LogP contribution in [0.25, 0.3) is 0 Å². The van der Waals surface area contributed by atoms with Crippen molar-refractivity contribution in [3.8, 4) is 5.75 Å². The summed E-state index contributed by atoms with van der Waals surface area (Å²) in [5, 5.41) is 3.34. The number of carbonyl (C=O) groups is 1. The third-order valence-electron chi connectivity index (χ3n) is 3.81. The maximum atomic E-state index is 12.8. The average molecular weight is 402 g/mol. The third-order valence-corrected chi connectivity index (χ3v) is 4.44. The lowest BCUT2D eigenvalue weighted by Gasteiger charge is -2.36. The van der Waals surface area contributed by atoms with Gasteiger partial charge in [0, 0.05) is 25.2 Å². The molecule has 5 nitrogen and oxygen atoms in total. The topological polar surface area (TPSA) is 54.7 Å². The number of methoxy groups -OCH3 is 1. The molecule has 2 heterocycles. The fourth-order valence-corrected chi connectivity index (χ4v) is 3.11. The molecule has 0 aliphatic carbocycles. The minimum absolute atomic E-state index is 0. The quantitative estimate of drug-likeness (QED) is 0.858. The first kappa shape index (κ1) is 17.8. The van der Waals surface area contributed by atoms with Gasteiger partial charge in [-0.1, -0.05) is 18.2 Å². The Kier molecular flexibility index (Phi) is 6.10. The number of hydrogen-bond acceptors (Lipinski definition) is 4. The molecule has 1 amide bonds. The van der Waals surface area contributed by atoms with Gasteiger partial charge < -0.3 is 19.4 Å². The maximum Gasteiger partial charge on any atom is 0.291 e. The van der Waals surface area contributed by atoms with Crippen molar-refractivity contribution in [2.75, 3.05) is 26.7 Å². The van der Waals surface area contributed by atoms with E-state index in [0.29, 0.717) is 23.3 Å². The van der Waals surface area contributed by atoms with Crippen molar-refractivity contribution >= 4 is 34.2 Å². The molecule has 0 radical (unpaired) electrons. The Bertz CT molecular complexity index is 677. The molecule has 1 aromatic heterocycles. The Morgan fingerprint density at radius 3 is 2.87 bits per heavy atom. The summed E-state index contributed by atoms with van der Waals surface area (Å²) < 4.78 is 11.4. The number of furan rings is 1. The van der Waals surface area contributed by atoms with E-state index in [2.05, 4.69) is 21.2 Å². The molecule has 3 rings (SSSR count). The van der Waals surface area contributed by atoms with Crippen molar-refractivity contribution in [2.45, 2.75) is 6.04 Å². The fraction of sp³-hybridized carbons (Fsp3) is 0.312. The Morgan fingerprint density at radius 1 is 1.39 bits per heavy atom. The number of halogens is 2. The normalized spacial score (nSPS) is 17.5. The second kappa shape index (κ2) is 7.86. The number of rotatable bonds is 3. The first-order valence-electron chi connectivity index (χ1n) is 7.10. The zero-order chi connectivity index (χ0) is 15.5. The highest BCUT2D eigenvalue weighted by molar-refractivity contribution is 9.10. The Hall–Kier alpha value is -1.50. The van der Waals surface area contributed by atoms with Crippen LogP contribution in [0.1, 0.15) is 22.2 Å². The van der Waals surface area contributed by atoms with E-state index in [0.717, 1.165) is 17.9 Å². The molecule has 23 heavy (non-hydrogen) atoms. The van der Waals surface area contributed by atoms with Gasteiger partial charge in [-0.3, -0.25) is 4.79 Å². The first-order chi connectivity index (χ1) is 10.7.